The Morgan fingerprint density at radius 2 is 1.89 bits per heavy atom. The topological polar surface area (TPSA) is 122 Å². The highest BCUT2D eigenvalue weighted by atomic mass is 32.2. The SMILES string of the molecule is CCOC(=O)N1Cc2scc(C#N)c2C(NC(=O)c2cc3ccccc3n2S(=O)(=O)c2ccccc2)C1. The number of nitrogens with one attached hydrogen (secondary N) is 1. The third-order valence-corrected chi connectivity index (χ3v) is 8.86. The third-order valence-electron chi connectivity index (χ3n) is 6.13. The van der Waals surface area contributed by atoms with Crippen molar-refractivity contribution in [2.45, 2.75) is 24.4 Å². The lowest BCUT2D eigenvalue weighted by Gasteiger charge is -2.32. The van der Waals surface area contributed by atoms with E-state index in [4.69, 9.17) is 4.74 Å². The van der Waals surface area contributed by atoms with Gasteiger partial charge in [-0.1, -0.05) is 36.4 Å². The summed E-state index contributed by atoms with van der Waals surface area (Å²) in [5.41, 5.74) is 1.33. The van der Waals surface area contributed by atoms with E-state index in [1.165, 1.54) is 34.4 Å². The van der Waals surface area contributed by atoms with Crippen LogP contribution in [0.25, 0.3) is 10.9 Å². The molecule has 0 spiro atoms. The zero-order valence-corrected chi connectivity index (χ0v) is 21.4. The smallest absolute Gasteiger partial charge is 0.410 e. The van der Waals surface area contributed by atoms with Crippen molar-refractivity contribution in [1.29, 1.82) is 5.26 Å². The molecule has 5 rings (SSSR count). The van der Waals surface area contributed by atoms with Crippen LogP contribution < -0.4 is 5.32 Å². The molecule has 2 aromatic carbocycles. The molecule has 11 heteroatoms. The number of fused-ring (bicyclic) bond motifs is 2. The van der Waals surface area contributed by atoms with Crippen molar-refractivity contribution in [3.05, 3.63) is 87.7 Å². The normalized spacial score (nSPS) is 15.1. The van der Waals surface area contributed by atoms with Gasteiger partial charge in [-0.15, -0.1) is 11.3 Å². The molecule has 4 aromatic rings. The molecule has 0 aliphatic carbocycles. The summed E-state index contributed by atoms with van der Waals surface area (Å²) in [4.78, 5) is 28.5. The van der Waals surface area contributed by atoms with Gasteiger partial charge in [0.1, 0.15) is 11.8 Å². The van der Waals surface area contributed by atoms with Gasteiger partial charge in [0.05, 0.1) is 35.2 Å². The predicted octanol–water partition coefficient (Wildman–Crippen LogP) is 4.25. The van der Waals surface area contributed by atoms with Crippen molar-refractivity contribution in [2.24, 2.45) is 0 Å². The van der Waals surface area contributed by atoms with Gasteiger partial charge in [-0.2, -0.15) is 5.26 Å². The molecule has 1 aliphatic rings. The molecule has 0 bridgehead atoms. The summed E-state index contributed by atoms with van der Waals surface area (Å²) in [6.45, 7) is 2.24. The number of benzene rings is 2. The van der Waals surface area contributed by atoms with E-state index in [1.807, 2.05) is 0 Å². The standard InChI is InChI=1S/C26H22N4O5S2/c1-2-35-26(32)29-14-20(24-18(13-27)16-36-23(24)15-29)28-25(31)22-12-17-8-6-7-11-21(17)30(22)37(33,34)19-9-4-3-5-10-19/h3-12,16,20H,2,14-15H2,1H3,(H,28,31). The number of para-hydroxylation sites is 1. The molecule has 2 amide bonds. The number of nitriles is 1. The first-order valence-electron chi connectivity index (χ1n) is 11.5. The van der Waals surface area contributed by atoms with Crippen molar-refractivity contribution < 1.29 is 22.7 Å². The molecular weight excluding hydrogens is 512 g/mol. The van der Waals surface area contributed by atoms with Gasteiger partial charge in [-0.05, 0) is 31.2 Å². The second kappa shape index (κ2) is 9.72. The van der Waals surface area contributed by atoms with E-state index in [0.717, 1.165) is 8.85 Å². The van der Waals surface area contributed by atoms with Crippen LogP contribution in [-0.4, -0.2) is 42.4 Å². The van der Waals surface area contributed by atoms with Crippen molar-refractivity contribution in [3.8, 4) is 6.07 Å². The second-order valence-corrected chi connectivity index (χ2v) is 11.1. The van der Waals surface area contributed by atoms with Crippen molar-refractivity contribution >= 4 is 44.3 Å². The highest BCUT2D eigenvalue weighted by Crippen LogP contribution is 2.35. The largest absolute Gasteiger partial charge is 0.450 e. The van der Waals surface area contributed by atoms with Gasteiger partial charge < -0.3 is 15.0 Å². The van der Waals surface area contributed by atoms with Crippen molar-refractivity contribution in [2.75, 3.05) is 13.2 Å². The minimum Gasteiger partial charge on any atom is -0.450 e. The Bertz CT molecular complexity index is 1650. The van der Waals surface area contributed by atoms with Gasteiger partial charge in [0.2, 0.25) is 0 Å². The Morgan fingerprint density at radius 1 is 1.16 bits per heavy atom. The van der Waals surface area contributed by atoms with Crippen LogP contribution in [0, 0.1) is 11.3 Å². The number of aromatic nitrogens is 1. The Morgan fingerprint density at radius 3 is 2.62 bits per heavy atom. The summed E-state index contributed by atoms with van der Waals surface area (Å²) in [5, 5.41) is 14.8. The molecule has 1 unspecified atom stereocenters. The maximum absolute atomic E-state index is 13.7. The van der Waals surface area contributed by atoms with Gasteiger partial charge in [0, 0.05) is 27.8 Å². The molecule has 9 nitrogen and oxygen atoms in total. The van der Waals surface area contributed by atoms with E-state index in [-0.39, 0.29) is 30.3 Å². The molecular formula is C26H22N4O5S2. The summed E-state index contributed by atoms with van der Waals surface area (Å²) in [5.74, 6) is -0.646. The molecule has 1 aliphatic heterocycles. The first-order valence-corrected chi connectivity index (χ1v) is 13.8. The van der Waals surface area contributed by atoms with Crippen LogP contribution in [0.4, 0.5) is 4.79 Å². The number of hydrogen-bond acceptors (Lipinski definition) is 7. The van der Waals surface area contributed by atoms with Crippen molar-refractivity contribution in [1.82, 2.24) is 14.2 Å². The van der Waals surface area contributed by atoms with Gasteiger partial charge in [0.25, 0.3) is 15.9 Å². The quantitative estimate of drug-likeness (QED) is 0.408. The maximum Gasteiger partial charge on any atom is 0.410 e. The first kappa shape index (κ1) is 24.5. The van der Waals surface area contributed by atoms with Crippen LogP contribution in [0.5, 0.6) is 0 Å². The molecule has 0 radical (unpaired) electrons. The number of ether oxygens (including phenoxy) is 1. The van der Waals surface area contributed by atoms with Gasteiger partial charge >= 0.3 is 6.09 Å². The molecule has 3 heterocycles. The Kier molecular flexibility index (Phi) is 6.45. The Hall–Kier alpha value is -4.14. The van der Waals surface area contributed by atoms with Gasteiger partial charge in [-0.25, -0.2) is 17.2 Å². The summed E-state index contributed by atoms with van der Waals surface area (Å²) >= 11 is 1.33. The fraction of sp³-hybridized carbons (Fsp3) is 0.192. The number of rotatable bonds is 5. The molecule has 37 heavy (non-hydrogen) atoms. The average molecular weight is 535 g/mol. The molecule has 1 N–H and O–H groups in total. The average Bonchev–Trinajstić information content (AvgIpc) is 3.51. The fourth-order valence-electron chi connectivity index (χ4n) is 4.50. The molecule has 0 saturated carbocycles. The zero-order valence-electron chi connectivity index (χ0n) is 19.7. The van der Waals surface area contributed by atoms with Crippen molar-refractivity contribution in [3.63, 3.8) is 0 Å². The highest BCUT2D eigenvalue weighted by molar-refractivity contribution is 7.90. The Labute approximate surface area is 217 Å². The van der Waals surface area contributed by atoms with Crippen LogP contribution in [0.15, 0.2) is 70.9 Å². The Balaban J connectivity index is 1.58. The lowest BCUT2D eigenvalue weighted by Crippen LogP contribution is -2.44. The zero-order chi connectivity index (χ0) is 26.2. The number of nitrogens with zero attached hydrogens (tertiary/aromatic N) is 3. The molecule has 2 aromatic heterocycles. The summed E-state index contributed by atoms with van der Waals surface area (Å²) < 4.78 is 33.5. The lowest BCUT2D eigenvalue weighted by atomic mass is 9.98. The molecule has 188 valence electrons. The summed E-state index contributed by atoms with van der Waals surface area (Å²) in [6, 6.07) is 17.7. The first-order chi connectivity index (χ1) is 17.8. The van der Waals surface area contributed by atoms with E-state index < -0.39 is 28.1 Å². The lowest BCUT2D eigenvalue weighted by molar-refractivity contribution is 0.0850. The minimum atomic E-state index is -4.11. The van der Waals surface area contributed by atoms with E-state index >= 15 is 0 Å². The second-order valence-electron chi connectivity index (χ2n) is 8.37. The van der Waals surface area contributed by atoms with E-state index in [0.29, 0.717) is 22.0 Å². The van der Waals surface area contributed by atoms with Crippen LogP contribution in [0.3, 0.4) is 0 Å². The highest BCUT2D eigenvalue weighted by Gasteiger charge is 2.35. The summed E-state index contributed by atoms with van der Waals surface area (Å²) in [6.07, 6.45) is -0.528. The van der Waals surface area contributed by atoms with E-state index in [1.54, 1.807) is 54.8 Å². The van der Waals surface area contributed by atoms with Gasteiger partial charge in [0.15, 0.2) is 0 Å². The van der Waals surface area contributed by atoms with E-state index in [9.17, 15) is 23.3 Å². The maximum atomic E-state index is 13.7. The molecule has 1 atom stereocenters. The van der Waals surface area contributed by atoms with Crippen LogP contribution in [0.2, 0.25) is 0 Å². The third kappa shape index (κ3) is 4.34. The van der Waals surface area contributed by atoms with Crippen LogP contribution in [0.1, 0.15) is 39.5 Å². The summed E-state index contributed by atoms with van der Waals surface area (Å²) in [7, 11) is -4.11. The fourth-order valence-corrected chi connectivity index (χ4v) is 7.08. The number of carbonyl (C=O) groups excluding carboxylic acids is 2. The monoisotopic (exact) mass is 534 g/mol. The van der Waals surface area contributed by atoms with Gasteiger partial charge in [-0.3, -0.25) is 4.79 Å². The number of carbonyl (C=O) groups is 2. The minimum absolute atomic E-state index is 0.0449. The van der Waals surface area contributed by atoms with Crippen LogP contribution in [-0.2, 0) is 21.3 Å². The predicted molar refractivity (Wildman–Crippen MR) is 138 cm³/mol. The number of thiophene rings is 1. The number of amides is 2. The molecule has 0 saturated heterocycles. The van der Waals surface area contributed by atoms with Crippen LogP contribution >= 0.6 is 11.3 Å². The number of hydrogen-bond donors (Lipinski definition) is 1. The molecule has 0 fully saturated rings. The van der Waals surface area contributed by atoms with E-state index in [2.05, 4.69) is 11.4 Å².